The molecular weight excluding hydrogens is 544 g/mol. The topological polar surface area (TPSA) is 141 Å². The number of nitrogens with one attached hydrogen (secondary N) is 2. The van der Waals surface area contributed by atoms with Crippen molar-refractivity contribution in [3.63, 3.8) is 0 Å². The van der Waals surface area contributed by atoms with E-state index in [1.54, 1.807) is 32.9 Å². The fraction of sp³-hybridized carbons (Fsp3) is 0.400. The molecule has 2 aliphatic rings. The van der Waals surface area contributed by atoms with Gasteiger partial charge in [0.05, 0.1) is 35.0 Å². The van der Waals surface area contributed by atoms with E-state index in [0.29, 0.717) is 35.0 Å². The van der Waals surface area contributed by atoms with Crippen LogP contribution in [-0.4, -0.2) is 44.0 Å². The van der Waals surface area contributed by atoms with Gasteiger partial charge in [0.25, 0.3) is 5.91 Å². The first-order valence-electron chi connectivity index (χ1n) is 13.6. The Morgan fingerprint density at radius 3 is 2.63 bits per heavy atom. The number of carbonyl (C=O) groups excluding carboxylic acids is 2. The molecule has 2 fully saturated rings. The van der Waals surface area contributed by atoms with Crippen LogP contribution in [0.3, 0.4) is 0 Å². The van der Waals surface area contributed by atoms with Crippen LogP contribution in [0, 0.1) is 30.6 Å². The van der Waals surface area contributed by atoms with Gasteiger partial charge in [0.1, 0.15) is 17.5 Å². The summed E-state index contributed by atoms with van der Waals surface area (Å²) in [5, 5.41) is 19.6. The molecule has 1 aromatic carbocycles. The number of likely N-dealkylation sites (tertiary alicyclic amines) is 1. The number of aromatic nitrogens is 3. The lowest BCUT2D eigenvalue weighted by molar-refractivity contribution is -0.139. The Hall–Kier alpha value is -4.23. The van der Waals surface area contributed by atoms with Gasteiger partial charge in [0.15, 0.2) is 5.75 Å². The van der Waals surface area contributed by atoms with Crippen LogP contribution in [0.15, 0.2) is 47.3 Å². The highest BCUT2D eigenvalue weighted by Gasteiger charge is 2.53. The van der Waals surface area contributed by atoms with Crippen LogP contribution < -0.4 is 15.6 Å². The SMILES string of the molecule is Cc1cc(Oc2ccc(C(=O)N[C@H](C)C(=O)N3[C@H](c4cccc(Cl)c4)CC[C@@H]3C3(C#N)CCC3)nc2C)c(=O)[nH]n1. The van der Waals surface area contributed by atoms with Gasteiger partial charge in [0, 0.05) is 11.1 Å². The lowest BCUT2D eigenvalue weighted by atomic mass is 9.64. The highest BCUT2D eigenvalue weighted by molar-refractivity contribution is 6.30. The Morgan fingerprint density at radius 1 is 1.20 bits per heavy atom. The largest absolute Gasteiger partial charge is 0.450 e. The lowest BCUT2D eigenvalue weighted by Crippen LogP contribution is -2.55. The van der Waals surface area contributed by atoms with Crippen molar-refractivity contribution < 1.29 is 14.3 Å². The van der Waals surface area contributed by atoms with Crippen molar-refractivity contribution in [3.05, 3.63) is 80.5 Å². The van der Waals surface area contributed by atoms with Crippen LogP contribution in [-0.2, 0) is 4.79 Å². The predicted octanol–water partition coefficient (Wildman–Crippen LogP) is 4.77. The first-order chi connectivity index (χ1) is 19.6. The summed E-state index contributed by atoms with van der Waals surface area (Å²) in [6, 6.07) is 13.1. The average molecular weight is 575 g/mol. The number of halogens is 1. The smallest absolute Gasteiger partial charge is 0.307 e. The molecule has 1 aliphatic carbocycles. The molecular formula is C30H31ClN6O4. The minimum atomic E-state index is -0.864. The Bertz CT molecular complexity index is 1590. The van der Waals surface area contributed by atoms with Crippen LogP contribution >= 0.6 is 11.6 Å². The van der Waals surface area contributed by atoms with Gasteiger partial charge in [-0.15, -0.1) is 0 Å². The van der Waals surface area contributed by atoms with Gasteiger partial charge in [-0.1, -0.05) is 30.2 Å². The number of aromatic amines is 1. The van der Waals surface area contributed by atoms with Gasteiger partial charge in [0.2, 0.25) is 5.91 Å². The fourth-order valence-electron chi connectivity index (χ4n) is 5.79. The van der Waals surface area contributed by atoms with Crippen molar-refractivity contribution in [2.24, 2.45) is 5.41 Å². The molecule has 0 spiro atoms. The average Bonchev–Trinajstić information content (AvgIpc) is 3.36. The first kappa shape index (κ1) is 28.3. The highest BCUT2D eigenvalue weighted by atomic mass is 35.5. The van der Waals surface area contributed by atoms with Crippen LogP contribution in [0.5, 0.6) is 11.5 Å². The molecule has 11 heteroatoms. The Kier molecular flexibility index (Phi) is 7.82. The number of hydrogen-bond acceptors (Lipinski definition) is 7. The number of nitriles is 1. The van der Waals surface area contributed by atoms with Gasteiger partial charge in [-0.25, -0.2) is 10.1 Å². The third-order valence-electron chi connectivity index (χ3n) is 8.08. The number of rotatable bonds is 7. The van der Waals surface area contributed by atoms with Crippen molar-refractivity contribution in [2.75, 3.05) is 0 Å². The van der Waals surface area contributed by atoms with E-state index in [9.17, 15) is 19.6 Å². The molecule has 2 amide bonds. The number of aryl methyl sites for hydroxylation is 2. The maximum absolute atomic E-state index is 14.0. The molecule has 3 heterocycles. The summed E-state index contributed by atoms with van der Waals surface area (Å²) in [5.74, 6) is -0.397. The summed E-state index contributed by atoms with van der Waals surface area (Å²) in [6.45, 7) is 5.03. The monoisotopic (exact) mass is 574 g/mol. The summed E-state index contributed by atoms with van der Waals surface area (Å²) >= 11 is 6.28. The summed E-state index contributed by atoms with van der Waals surface area (Å²) < 4.78 is 5.70. The standard InChI is InChI=1S/C30H31ClN6O4/c1-17-14-25(28(39)36-35-17)41-24-10-8-22(33-18(24)2)27(38)34-19(3)29(40)37-23(20-6-4-7-21(31)15-20)9-11-26(37)30(16-32)12-5-13-30/h4,6-8,10,14-15,19,23,26H,5,9,11-13H2,1-3H3,(H,34,38)(H,36,39)/t19-,23+,26-/m1/s1. The summed E-state index contributed by atoms with van der Waals surface area (Å²) in [7, 11) is 0. The molecule has 0 unspecified atom stereocenters. The van der Waals surface area contributed by atoms with E-state index in [2.05, 4.69) is 26.6 Å². The van der Waals surface area contributed by atoms with Gasteiger partial charge in [-0.05, 0) is 76.3 Å². The summed E-state index contributed by atoms with van der Waals surface area (Å²) in [6.07, 6.45) is 3.88. The number of amides is 2. The summed E-state index contributed by atoms with van der Waals surface area (Å²) in [4.78, 5) is 45.3. The first-order valence-corrected chi connectivity index (χ1v) is 14.0. The van der Waals surface area contributed by atoms with Gasteiger partial charge in [-0.3, -0.25) is 14.4 Å². The molecule has 41 heavy (non-hydrogen) atoms. The molecule has 0 bridgehead atoms. The normalized spacial score (nSPS) is 20.0. The second kappa shape index (κ2) is 11.3. The van der Waals surface area contributed by atoms with Crippen LogP contribution in [0.25, 0.3) is 0 Å². The zero-order valence-corrected chi connectivity index (χ0v) is 23.9. The maximum atomic E-state index is 14.0. The van der Waals surface area contributed by atoms with E-state index in [1.807, 2.05) is 23.1 Å². The van der Waals surface area contributed by atoms with Gasteiger partial charge >= 0.3 is 5.56 Å². The predicted molar refractivity (Wildman–Crippen MR) is 152 cm³/mol. The molecule has 1 saturated heterocycles. The van der Waals surface area contributed by atoms with Crippen molar-refractivity contribution in [2.45, 2.75) is 71.0 Å². The quantitative estimate of drug-likeness (QED) is 0.414. The van der Waals surface area contributed by atoms with Crippen molar-refractivity contribution in [3.8, 4) is 17.6 Å². The number of nitrogens with zero attached hydrogens (tertiary/aromatic N) is 4. The number of H-pyrrole nitrogens is 1. The van der Waals surface area contributed by atoms with E-state index in [-0.39, 0.29) is 29.4 Å². The van der Waals surface area contributed by atoms with Crippen molar-refractivity contribution in [1.82, 2.24) is 25.4 Å². The zero-order valence-electron chi connectivity index (χ0n) is 23.1. The maximum Gasteiger partial charge on any atom is 0.307 e. The minimum absolute atomic E-state index is 0.0647. The summed E-state index contributed by atoms with van der Waals surface area (Å²) in [5.41, 5.74) is 0.931. The molecule has 1 aliphatic heterocycles. The van der Waals surface area contributed by atoms with E-state index >= 15 is 0 Å². The molecule has 2 aromatic heterocycles. The number of pyridine rings is 1. The van der Waals surface area contributed by atoms with E-state index in [4.69, 9.17) is 16.3 Å². The molecule has 212 valence electrons. The Balaban J connectivity index is 1.34. The van der Waals surface area contributed by atoms with Gasteiger partial charge < -0.3 is 15.0 Å². The molecule has 5 rings (SSSR count). The molecule has 0 radical (unpaired) electrons. The minimum Gasteiger partial charge on any atom is -0.450 e. The third kappa shape index (κ3) is 5.55. The Labute approximate surface area is 242 Å². The van der Waals surface area contributed by atoms with Gasteiger partial charge in [-0.2, -0.15) is 10.4 Å². The number of benzene rings is 1. The van der Waals surface area contributed by atoms with Crippen molar-refractivity contribution in [1.29, 1.82) is 5.26 Å². The molecule has 3 atom stereocenters. The van der Waals surface area contributed by atoms with Crippen LogP contribution in [0.4, 0.5) is 0 Å². The van der Waals surface area contributed by atoms with E-state index in [0.717, 1.165) is 24.8 Å². The molecule has 10 nitrogen and oxygen atoms in total. The van der Waals surface area contributed by atoms with E-state index < -0.39 is 22.9 Å². The fourth-order valence-corrected chi connectivity index (χ4v) is 5.99. The second-order valence-corrected chi connectivity index (χ2v) is 11.2. The lowest BCUT2D eigenvalue weighted by Gasteiger charge is -2.46. The zero-order chi connectivity index (χ0) is 29.3. The number of carbonyl (C=O) groups is 2. The van der Waals surface area contributed by atoms with Crippen LogP contribution in [0.2, 0.25) is 5.02 Å². The highest BCUT2D eigenvalue weighted by Crippen LogP contribution is 2.52. The molecule has 2 N–H and O–H groups in total. The third-order valence-corrected chi connectivity index (χ3v) is 8.32. The van der Waals surface area contributed by atoms with E-state index in [1.165, 1.54) is 12.1 Å². The van der Waals surface area contributed by atoms with Crippen LogP contribution in [0.1, 0.15) is 72.5 Å². The van der Waals surface area contributed by atoms with Crippen molar-refractivity contribution >= 4 is 23.4 Å². The Morgan fingerprint density at radius 2 is 1.98 bits per heavy atom. The number of ether oxygens (including phenoxy) is 1. The molecule has 3 aromatic rings. The second-order valence-electron chi connectivity index (χ2n) is 10.8. The number of hydrogen-bond donors (Lipinski definition) is 2. The molecule has 1 saturated carbocycles.